The summed E-state index contributed by atoms with van der Waals surface area (Å²) < 4.78 is 5.37. The standard InChI is InChI=1S/C9H17NO3/c1-13-9(4-2-3-5-9)7(10)6-8(11)12/h7H,2-6,10H2,1H3,(H,11,12). The second-order valence-electron chi connectivity index (χ2n) is 3.68. The van der Waals surface area contributed by atoms with Gasteiger partial charge in [-0.2, -0.15) is 0 Å². The highest BCUT2D eigenvalue weighted by molar-refractivity contribution is 5.67. The molecule has 3 N–H and O–H groups in total. The molecule has 0 amide bonds. The number of ether oxygens (including phenoxy) is 1. The van der Waals surface area contributed by atoms with Crippen LogP contribution in [0, 0.1) is 0 Å². The third kappa shape index (κ3) is 2.19. The zero-order chi connectivity index (χ0) is 9.90. The van der Waals surface area contributed by atoms with Crippen molar-refractivity contribution in [3.8, 4) is 0 Å². The van der Waals surface area contributed by atoms with Crippen molar-refractivity contribution in [2.45, 2.75) is 43.7 Å². The summed E-state index contributed by atoms with van der Waals surface area (Å²) in [6, 6.07) is -0.377. The van der Waals surface area contributed by atoms with Crippen LogP contribution in [0.1, 0.15) is 32.1 Å². The second-order valence-corrected chi connectivity index (χ2v) is 3.68. The summed E-state index contributed by atoms with van der Waals surface area (Å²) in [6.45, 7) is 0. The molecular formula is C9H17NO3. The van der Waals surface area contributed by atoms with Gasteiger partial charge >= 0.3 is 5.97 Å². The molecular weight excluding hydrogens is 170 g/mol. The van der Waals surface area contributed by atoms with Crippen molar-refractivity contribution in [1.29, 1.82) is 0 Å². The fraction of sp³-hybridized carbons (Fsp3) is 0.889. The molecule has 0 spiro atoms. The molecule has 1 atom stereocenters. The number of carboxylic acid groups (broad SMARTS) is 1. The maximum absolute atomic E-state index is 10.5. The normalized spacial score (nSPS) is 22.9. The van der Waals surface area contributed by atoms with Crippen LogP contribution < -0.4 is 5.73 Å². The number of carboxylic acids is 1. The van der Waals surface area contributed by atoms with Crippen LogP contribution in [0.5, 0.6) is 0 Å². The van der Waals surface area contributed by atoms with Crippen LogP contribution in [-0.2, 0) is 9.53 Å². The highest BCUT2D eigenvalue weighted by atomic mass is 16.5. The topological polar surface area (TPSA) is 72.5 Å². The van der Waals surface area contributed by atoms with E-state index in [2.05, 4.69) is 0 Å². The summed E-state index contributed by atoms with van der Waals surface area (Å²) in [4.78, 5) is 10.5. The largest absolute Gasteiger partial charge is 0.481 e. The number of rotatable bonds is 4. The van der Waals surface area contributed by atoms with E-state index < -0.39 is 5.97 Å². The molecule has 1 fully saturated rings. The average Bonchev–Trinajstić information content (AvgIpc) is 2.51. The average molecular weight is 187 g/mol. The van der Waals surface area contributed by atoms with Gasteiger partial charge in [0, 0.05) is 13.2 Å². The Kier molecular flexibility index (Phi) is 3.27. The van der Waals surface area contributed by atoms with Crippen molar-refractivity contribution >= 4 is 5.97 Å². The van der Waals surface area contributed by atoms with E-state index in [0.717, 1.165) is 25.7 Å². The third-order valence-electron chi connectivity index (χ3n) is 2.93. The Morgan fingerprint density at radius 1 is 1.62 bits per heavy atom. The maximum Gasteiger partial charge on any atom is 0.305 e. The van der Waals surface area contributed by atoms with Gasteiger partial charge in [0.05, 0.1) is 12.0 Å². The Morgan fingerprint density at radius 3 is 2.54 bits per heavy atom. The van der Waals surface area contributed by atoms with Crippen molar-refractivity contribution in [3.05, 3.63) is 0 Å². The Bertz CT molecular complexity index is 187. The van der Waals surface area contributed by atoms with Gasteiger partial charge in [0.2, 0.25) is 0 Å². The van der Waals surface area contributed by atoms with E-state index in [1.807, 2.05) is 0 Å². The lowest BCUT2D eigenvalue weighted by Gasteiger charge is -2.32. The third-order valence-corrected chi connectivity index (χ3v) is 2.93. The molecule has 1 saturated carbocycles. The number of hydrogen-bond donors (Lipinski definition) is 2. The van der Waals surface area contributed by atoms with Gasteiger partial charge in [-0.3, -0.25) is 4.79 Å². The molecule has 0 aromatic heterocycles. The lowest BCUT2D eigenvalue weighted by atomic mass is 9.90. The fourth-order valence-corrected chi connectivity index (χ4v) is 2.07. The lowest BCUT2D eigenvalue weighted by molar-refractivity contribution is -0.139. The van der Waals surface area contributed by atoms with E-state index in [1.54, 1.807) is 7.11 Å². The Morgan fingerprint density at radius 2 is 2.15 bits per heavy atom. The van der Waals surface area contributed by atoms with Crippen molar-refractivity contribution in [3.63, 3.8) is 0 Å². The Balaban J connectivity index is 2.59. The first-order valence-electron chi connectivity index (χ1n) is 4.63. The van der Waals surface area contributed by atoms with E-state index in [-0.39, 0.29) is 18.1 Å². The first kappa shape index (κ1) is 10.5. The summed E-state index contributed by atoms with van der Waals surface area (Å²) in [5.41, 5.74) is 5.44. The van der Waals surface area contributed by atoms with Gasteiger partial charge in [-0.25, -0.2) is 0 Å². The summed E-state index contributed by atoms with van der Waals surface area (Å²) in [5.74, 6) is -0.851. The molecule has 0 aromatic carbocycles. The van der Waals surface area contributed by atoms with Gasteiger partial charge < -0.3 is 15.6 Å². The monoisotopic (exact) mass is 187 g/mol. The zero-order valence-electron chi connectivity index (χ0n) is 7.95. The van der Waals surface area contributed by atoms with Crippen LogP contribution >= 0.6 is 0 Å². The Hall–Kier alpha value is -0.610. The molecule has 1 unspecified atom stereocenters. The van der Waals surface area contributed by atoms with E-state index >= 15 is 0 Å². The van der Waals surface area contributed by atoms with Crippen LogP contribution in [-0.4, -0.2) is 29.8 Å². The van der Waals surface area contributed by atoms with Crippen LogP contribution in [0.15, 0.2) is 0 Å². The van der Waals surface area contributed by atoms with Gasteiger partial charge in [0.1, 0.15) is 0 Å². The minimum absolute atomic E-state index is 0.00611. The van der Waals surface area contributed by atoms with Gasteiger partial charge in [-0.1, -0.05) is 12.8 Å². The van der Waals surface area contributed by atoms with Crippen molar-refractivity contribution in [1.82, 2.24) is 0 Å². The number of aliphatic carboxylic acids is 1. The van der Waals surface area contributed by atoms with E-state index in [4.69, 9.17) is 15.6 Å². The summed E-state index contributed by atoms with van der Waals surface area (Å²) >= 11 is 0. The van der Waals surface area contributed by atoms with Gasteiger partial charge in [-0.05, 0) is 12.8 Å². The zero-order valence-corrected chi connectivity index (χ0v) is 7.95. The molecule has 1 aliphatic carbocycles. The first-order valence-corrected chi connectivity index (χ1v) is 4.63. The van der Waals surface area contributed by atoms with Crippen molar-refractivity contribution < 1.29 is 14.6 Å². The minimum Gasteiger partial charge on any atom is -0.481 e. The molecule has 1 aliphatic rings. The molecule has 0 bridgehead atoms. The maximum atomic E-state index is 10.5. The van der Waals surface area contributed by atoms with Crippen LogP contribution in [0.2, 0.25) is 0 Å². The predicted octanol–water partition coefficient (Wildman–Crippen LogP) is 0.748. The molecule has 13 heavy (non-hydrogen) atoms. The minimum atomic E-state index is -0.851. The summed E-state index contributed by atoms with van der Waals surface area (Å²) in [6.07, 6.45) is 3.94. The van der Waals surface area contributed by atoms with E-state index in [0.29, 0.717) is 0 Å². The molecule has 1 rings (SSSR count). The molecule has 0 heterocycles. The smallest absolute Gasteiger partial charge is 0.305 e. The molecule has 4 nitrogen and oxygen atoms in total. The number of methoxy groups -OCH3 is 1. The quantitative estimate of drug-likeness (QED) is 0.681. The molecule has 4 heteroatoms. The van der Waals surface area contributed by atoms with Gasteiger partial charge in [0.25, 0.3) is 0 Å². The number of carbonyl (C=O) groups is 1. The molecule has 0 saturated heterocycles. The summed E-state index contributed by atoms with van der Waals surface area (Å²) in [7, 11) is 1.62. The molecule has 0 aliphatic heterocycles. The molecule has 76 valence electrons. The van der Waals surface area contributed by atoms with Crippen LogP contribution in [0.25, 0.3) is 0 Å². The second kappa shape index (κ2) is 4.07. The van der Waals surface area contributed by atoms with Gasteiger partial charge in [-0.15, -0.1) is 0 Å². The SMILES string of the molecule is COC1(C(N)CC(=O)O)CCCC1. The summed E-state index contributed by atoms with van der Waals surface area (Å²) in [5, 5.41) is 8.62. The first-order chi connectivity index (χ1) is 6.10. The lowest BCUT2D eigenvalue weighted by Crippen LogP contribution is -2.48. The van der Waals surface area contributed by atoms with Crippen molar-refractivity contribution in [2.75, 3.05) is 7.11 Å². The van der Waals surface area contributed by atoms with E-state index in [1.165, 1.54) is 0 Å². The van der Waals surface area contributed by atoms with Gasteiger partial charge in [0.15, 0.2) is 0 Å². The molecule has 0 radical (unpaired) electrons. The predicted molar refractivity (Wildman–Crippen MR) is 48.4 cm³/mol. The highest BCUT2D eigenvalue weighted by Gasteiger charge is 2.40. The number of hydrogen-bond acceptors (Lipinski definition) is 3. The molecule has 0 aromatic rings. The van der Waals surface area contributed by atoms with Crippen molar-refractivity contribution in [2.24, 2.45) is 5.73 Å². The number of nitrogens with two attached hydrogens (primary N) is 1. The highest BCUT2D eigenvalue weighted by Crippen LogP contribution is 2.35. The van der Waals surface area contributed by atoms with Crippen LogP contribution in [0.3, 0.4) is 0 Å². The van der Waals surface area contributed by atoms with Crippen LogP contribution in [0.4, 0.5) is 0 Å². The fourth-order valence-electron chi connectivity index (χ4n) is 2.07. The van der Waals surface area contributed by atoms with E-state index in [9.17, 15) is 4.79 Å². The Labute approximate surface area is 78.1 Å².